The molecule has 0 saturated carbocycles. The lowest BCUT2D eigenvalue weighted by Gasteiger charge is -2.16. The van der Waals surface area contributed by atoms with E-state index in [-0.39, 0.29) is 5.82 Å². The van der Waals surface area contributed by atoms with E-state index in [1.807, 2.05) is 13.0 Å². The van der Waals surface area contributed by atoms with Crippen molar-refractivity contribution in [1.82, 2.24) is 5.32 Å². The first-order valence-corrected chi connectivity index (χ1v) is 5.06. The van der Waals surface area contributed by atoms with Gasteiger partial charge in [0.25, 0.3) is 0 Å². The van der Waals surface area contributed by atoms with Crippen LogP contribution in [0.4, 0.5) is 4.39 Å². The Kier molecular flexibility index (Phi) is 3.64. The van der Waals surface area contributed by atoms with Crippen LogP contribution in [0.3, 0.4) is 0 Å². The van der Waals surface area contributed by atoms with Crippen molar-refractivity contribution in [3.05, 3.63) is 34.6 Å². The van der Waals surface area contributed by atoms with E-state index in [1.165, 1.54) is 5.56 Å². The first-order chi connectivity index (χ1) is 6.56. The third-order valence-corrected chi connectivity index (χ3v) is 2.52. The van der Waals surface area contributed by atoms with Crippen molar-refractivity contribution >= 4 is 0 Å². The molecule has 0 aliphatic heterocycles. The molecule has 1 unspecified atom stereocenters. The maximum atomic E-state index is 13.2. The van der Waals surface area contributed by atoms with Gasteiger partial charge in [-0.1, -0.05) is 13.0 Å². The fourth-order valence-electron chi connectivity index (χ4n) is 1.69. The molecule has 0 aliphatic carbocycles. The van der Waals surface area contributed by atoms with Crippen molar-refractivity contribution in [3.8, 4) is 0 Å². The Morgan fingerprint density at radius 2 is 1.93 bits per heavy atom. The van der Waals surface area contributed by atoms with E-state index in [2.05, 4.69) is 19.2 Å². The van der Waals surface area contributed by atoms with E-state index in [4.69, 9.17) is 0 Å². The lowest BCUT2D eigenvalue weighted by atomic mass is 9.99. The van der Waals surface area contributed by atoms with Crippen LogP contribution in [0.2, 0.25) is 0 Å². The lowest BCUT2D eigenvalue weighted by Crippen LogP contribution is -2.18. The van der Waals surface area contributed by atoms with Gasteiger partial charge in [0.05, 0.1) is 0 Å². The van der Waals surface area contributed by atoms with Gasteiger partial charge in [0.15, 0.2) is 0 Å². The Hall–Kier alpha value is -0.890. The van der Waals surface area contributed by atoms with Crippen LogP contribution in [0.25, 0.3) is 0 Å². The minimum Gasteiger partial charge on any atom is -0.310 e. The van der Waals surface area contributed by atoms with Gasteiger partial charge < -0.3 is 5.32 Å². The van der Waals surface area contributed by atoms with Crippen LogP contribution in [-0.4, -0.2) is 6.54 Å². The average Bonchev–Trinajstić information content (AvgIpc) is 2.11. The van der Waals surface area contributed by atoms with Crippen molar-refractivity contribution in [2.45, 2.75) is 33.7 Å². The molecule has 0 spiro atoms. The van der Waals surface area contributed by atoms with Gasteiger partial charge in [0.2, 0.25) is 0 Å². The molecule has 0 amide bonds. The standard InChI is InChI=1S/C12H18FN/c1-5-14-10(4)11-6-9(3)12(13)7-8(11)2/h6-7,10,14H,5H2,1-4H3. The second-order valence-electron chi connectivity index (χ2n) is 3.74. The Morgan fingerprint density at radius 1 is 1.29 bits per heavy atom. The zero-order chi connectivity index (χ0) is 10.7. The molecule has 0 radical (unpaired) electrons. The van der Waals surface area contributed by atoms with Crippen LogP contribution in [0.1, 0.15) is 36.6 Å². The molecule has 0 aromatic heterocycles. The van der Waals surface area contributed by atoms with Crippen molar-refractivity contribution in [2.24, 2.45) is 0 Å². The maximum absolute atomic E-state index is 13.2. The largest absolute Gasteiger partial charge is 0.310 e. The minimum atomic E-state index is -0.116. The van der Waals surface area contributed by atoms with Gasteiger partial charge in [0, 0.05) is 6.04 Å². The summed E-state index contributed by atoms with van der Waals surface area (Å²) >= 11 is 0. The molecular weight excluding hydrogens is 177 g/mol. The Labute approximate surface area is 85.3 Å². The second-order valence-corrected chi connectivity index (χ2v) is 3.74. The monoisotopic (exact) mass is 195 g/mol. The van der Waals surface area contributed by atoms with Gasteiger partial charge in [-0.05, 0) is 50.1 Å². The molecule has 1 nitrogen and oxygen atoms in total. The summed E-state index contributed by atoms with van der Waals surface area (Å²) < 4.78 is 13.2. The Bertz CT molecular complexity index is 320. The molecule has 0 fully saturated rings. The summed E-state index contributed by atoms with van der Waals surface area (Å²) in [5, 5.41) is 3.33. The van der Waals surface area contributed by atoms with Crippen LogP contribution < -0.4 is 5.32 Å². The molecule has 1 aromatic carbocycles. The first kappa shape index (κ1) is 11.2. The maximum Gasteiger partial charge on any atom is 0.126 e. The summed E-state index contributed by atoms with van der Waals surface area (Å²) in [7, 11) is 0. The Balaban J connectivity index is 3.02. The molecule has 0 bridgehead atoms. The number of aryl methyl sites for hydroxylation is 2. The SMILES string of the molecule is CCNC(C)c1cc(C)c(F)cc1C. The molecule has 14 heavy (non-hydrogen) atoms. The fourth-order valence-corrected chi connectivity index (χ4v) is 1.69. The van der Waals surface area contributed by atoms with Crippen molar-refractivity contribution in [2.75, 3.05) is 6.54 Å². The highest BCUT2D eigenvalue weighted by Crippen LogP contribution is 2.20. The van der Waals surface area contributed by atoms with E-state index in [9.17, 15) is 4.39 Å². The van der Waals surface area contributed by atoms with Crippen LogP contribution in [0, 0.1) is 19.7 Å². The molecule has 1 aromatic rings. The van der Waals surface area contributed by atoms with Crippen LogP contribution in [0.5, 0.6) is 0 Å². The third-order valence-electron chi connectivity index (χ3n) is 2.52. The van der Waals surface area contributed by atoms with Crippen LogP contribution in [-0.2, 0) is 0 Å². The van der Waals surface area contributed by atoms with Gasteiger partial charge in [-0.3, -0.25) is 0 Å². The summed E-state index contributed by atoms with van der Waals surface area (Å²) in [5.74, 6) is -0.116. The van der Waals surface area contributed by atoms with E-state index < -0.39 is 0 Å². The number of hydrogen-bond acceptors (Lipinski definition) is 1. The summed E-state index contributed by atoms with van der Waals surface area (Å²) in [6.07, 6.45) is 0. The zero-order valence-electron chi connectivity index (χ0n) is 9.32. The molecule has 0 aliphatic rings. The summed E-state index contributed by atoms with van der Waals surface area (Å²) in [4.78, 5) is 0. The molecule has 1 rings (SSSR count). The topological polar surface area (TPSA) is 12.0 Å². The molecule has 1 N–H and O–H groups in total. The second kappa shape index (κ2) is 4.56. The molecule has 2 heteroatoms. The normalized spacial score (nSPS) is 12.9. The van der Waals surface area contributed by atoms with E-state index >= 15 is 0 Å². The molecule has 1 atom stereocenters. The zero-order valence-corrected chi connectivity index (χ0v) is 9.32. The Morgan fingerprint density at radius 3 is 2.50 bits per heavy atom. The number of benzene rings is 1. The van der Waals surface area contributed by atoms with Crippen molar-refractivity contribution < 1.29 is 4.39 Å². The number of rotatable bonds is 3. The molecule has 78 valence electrons. The van der Waals surface area contributed by atoms with Gasteiger partial charge in [0.1, 0.15) is 5.82 Å². The fraction of sp³-hybridized carbons (Fsp3) is 0.500. The van der Waals surface area contributed by atoms with Crippen molar-refractivity contribution in [1.29, 1.82) is 0 Å². The highest BCUT2D eigenvalue weighted by atomic mass is 19.1. The van der Waals surface area contributed by atoms with Gasteiger partial charge >= 0.3 is 0 Å². The van der Waals surface area contributed by atoms with Gasteiger partial charge in [-0.2, -0.15) is 0 Å². The number of nitrogens with one attached hydrogen (secondary N) is 1. The van der Waals surface area contributed by atoms with E-state index in [1.54, 1.807) is 13.0 Å². The quantitative estimate of drug-likeness (QED) is 0.781. The molecular formula is C12H18FN. The summed E-state index contributed by atoms with van der Waals surface area (Å²) in [6.45, 7) is 8.85. The van der Waals surface area contributed by atoms with E-state index in [0.717, 1.165) is 17.7 Å². The first-order valence-electron chi connectivity index (χ1n) is 5.06. The summed E-state index contributed by atoms with van der Waals surface area (Å²) in [6, 6.07) is 3.83. The van der Waals surface area contributed by atoms with Gasteiger partial charge in [-0.25, -0.2) is 4.39 Å². The number of hydrogen-bond donors (Lipinski definition) is 1. The lowest BCUT2D eigenvalue weighted by molar-refractivity contribution is 0.584. The highest BCUT2D eigenvalue weighted by molar-refractivity contribution is 5.33. The minimum absolute atomic E-state index is 0.116. The molecule has 0 heterocycles. The predicted octanol–water partition coefficient (Wildman–Crippen LogP) is 3.11. The predicted molar refractivity (Wildman–Crippen MR) is 58.0 cm³/mol. The molecule has 0 saturated heterocycles. The summed E-state index contributed by atoms with van der Waals surface area (Å²) in [5.41, 5.74) is 2.92. The van der Waals surface area contributed by atoms with Crippen LogP contribution in [0.15, 0.2) is 12.1 Å². The van der Waals surface area contributed by atoms with E-state index in [0.29, 0.717) is 6.04 Å². The smallest absolute Gasteiger partial charge is 0.126 e. The number of halogens is 1. The van der Waals surface area contributed by atoms with Crippen molar-refractivity contribution in [3.63, 3.8) is 0 Å². The third kappa shape index (κ3) is 2.32. The van der Waals surface area contributed by atoms with Crippen LogP contribution >= 0.6 is 0 Å². The highest BCUT2D eigenvalue weighted by Gasteiger charge is 2.09. The van der Waals surface area contributed by atoms with Gasteiger partial charge in [-0.15, -0.1) is 0 Å². The average molecular weight is 195 g/mol.